The number of hydrogen-bond donors (Lipinski definition) is 3. The number of thiazole rings is 1. The highest BCUT2D eigenvalue weighted by Crippen LogP contribution is 2.33. The molecule has 1 aliphatic rings. The SMILES string of the molecule is Cc1nc2ccc(NC(=O)N[C@H]3CCCc4sc(C)nc43)cc2[nH]1. The average Bonchev–Trinajstić information content (AvgIpc) is 3.08. The second-order valence-electron chi connectivity index (χ2n) is 6.14. The summed E-state index contributed by atoms with van der Waals surface area (Å²) in [6.07, 6.45) is 3.08. The molecule has 0 saturated heterocycles. The van der Waals surface area contributed by atoms with Gasteiger partial charge in [-0.2, -0.15) is 0 Å². The van der Waals surface area contributed by atoms with E-state index in [9.17, 15) is 4.79 Å². The van der Waals surface area contributed by atoms with Crippen LogP contribution in [0.3, 0.4) is 0 Å². The van der Waals surface area contributed by atoms with Crippen LogP contribution < -0.4 is 10.6 Å². The number of imidazole rings is 1. The van der Waals surface area contributed by atoms with Crippen molar-refractivity contribution < 1.29 is 4.79 Å². The van der Waals surface area contributed by atoms with Crippen LogP contribution in [0.25, 0.3) is 11.0 Å². The van der Waals surface area contributed by atoms with Gasteiger partial charge in [0.25, 0.3) is 0 Å². The van der Waals surface area contributed by atoms with Gasteiger partial charge in [-0.25, -0.2) is 14.8 Å². The normalized spacial score (nSPS) is 16.8. The minimum atomic E-state index is -0.200. The Morgan fingerprint density at radius 1 is 1.33 bits per heavy atom. The summed E-state index contributed by atoms with van der Waals surface area (Å²) in [5, 5.41) is 7.03. The number of hydrogen-bond acceptors (Lipinski definition) is 4. The molecule has 3 N–H and O–H groups in total. The summed E-state index contributed by atoms with van der Waals surface area (Å²) in [6, 6.07) is 5.46. The van der Waals surface area contributed by atoms with E-state index in [1.807, 2.05) is 32.0 Å². The lowest BCUT2D eigenvalue weighted by molar-refractivity contribution is 0.247. The van der Waals surface area contributed by atoms with Crippen LogP contribution in [0, 0.1) is 13.8 Å². The first-order valence-electron chi connectivity index (χ1n) is 8.08. The quantitative estimate of drug-likeness (QED) is 0.662. The predicted octanol–water partition coefficient (Wildman–Crippen LogP) is 3.84. The Kier molecular flexibility index (Phi) is 3.72. The third kappa shape index (κ3) is 2.87. The summed E-state index contributed by atoms with van der Waals surface area (Å²) in [7, 11) is 0. The van der Waals surface area contributed by atoms with Gasteiger partial charge in [0.05, 0.1) is 27.8 Å². The maximum atomic E-state index is 12.4. The van der Waals surface area contributed by atoms with Crippen LogP contribution in [0.5, 0.6) is 0 Å². The molecule has 2 heterocycles. The fourth-order valence-corrected chi connectivity index (χ4v) is 4.26. The van der Waals surface area contributed by atoms with E-state index in [0.717, 1.165) is 52.5 Å². The number of nitrogens with zero attached hydrogens (tertiary/aromatic N) is 2. The Balaban J connectivity index is 1.48. The summed E-state index contributed by atoms with van der Waals surface area (Å²) >= 11 is 1.73. The van der Waals surface area contributed by atoms with Crippen molar-refractivity contribution in [3.8, 4) is 0 Å². The first-order valence-corrected chi connectivity index (χ1v) is 8.90. The molecule has 0 spiro atoms. The molecule has 3 aromatic rings. The van der Waals surface area contributed by atoms with E-state index >= 15 is 0 Å². The first-order chi connectivity index (χ1) is 11.6. The van der Waals surface area contributed by atoms with Crippen molar-refractivity contribution in [3.63, 3.8) is 0 Å². The smallest absolute Gasteiger partial charge is 0.319 e. The molecule has 7 heteroatoms. The van der Waals surface area contributed by atoms with Crippen LogP contribution in [-0.4, -0.2) is 21.0 Å². The van der Waals surface area contributed by atoms with E-state index in [2.05, 4.69) is 25.6 Å². The van der Waals surface area contributed by atoms with Crippen molar-refractivity contribution in [2.45, 2.75) is 39.2 Å². The van der Waals surface area contributed by atoms with Crippen molar-refractivity contribution in [3.05, 3.63) is 39.6 Å². The number of amides is 2. The van der Waals surface area contributed by atoms with Crippen molar-refractivity contribution in [1.29, 1.82) is 0 Å². The van der Waals surface area contributed by atoms with Crippen LogP contribution in [0.4, 0.5) is 10.5 Å². The summed E-state index contributed by atoms with van der Waals surface area (Å²) < 4.78 is 0. The van der Waals surface area contributed by atoms with Gasteiger partial charge in [0.2, 0.25) is 0 Å². The monoisotopic (exact) mass is 341 g/mol. The zero-order valence-electron chi connectivity index (χ0n) is 13.6. The molecule has 1 aromatic carbocycles. The standard InChI is InChI=1S/C17H19N5OS/c1-9-18-12-7-6-11(8-14(12)19-9)21-17(23)22-13-4-3-5-15-16(13)20-10(2)24-15/h6-8,13H,3-5H2,1-2H3,(H,18,19)(H2,21,22,23)/t13-/m0/s1. The van der Waals surface area contributed by atoms with Gasteiger partial charge in [-0.15, -0.1) is 11.3 Å². The molecular weight excluding hydrogens is 322 g/mol. The van der Waals surface area contributed by atoms with Gasteiger partial charge in [-0.3, -0.25) is 0 Å². The zero-order chi connectivity index (χ0) is 16.7. The molecule has 2 aromatic heterocycles. The van der Waals surface area contributed by atoms with Crippen molar-refractivity contribution >= 4 is 34.1 Å². The number of benzene rings is 1. The molecule has 4 rings (SSSR count). The number of aromatic nitrogens is 3. The van der Waals surface area contributed by atoms with Gasteiger partial charge in [-0.05, 0) is 51.3 Å². The number of anilines is 1. The molecule has 24 heavy (non-hydrogen) atoms. The number of H-pyrrole nitrogens is 1. The number of aromatic amines is 1. The highest BCUT2D eigenvalue weighted by molar-refractivity contribution is 7.11. The Morgan fingerprint density at radius 2 is 2.21 bits per heavy atom. The number of aryl methyl sites for hydroxylation is 3. The number of fused-ring (bicyclic) bond motifs is 2. The molecule has 0 bridgehead atoms. The predicted molar refractivity (Wildman–Crippen MR) is 95.5 cm³/mol. The Labute approximate surface area is 143 Å². The summed E-state index contributed by atoms with van der Waals surface area (Å²) in [4.78, 5) is 25.8. The van der Waals surface area contributed by atoms with Crippen molar-refractivity contribution in [2.24, 2.45) is 0 Å². The van der Waals surface area contributed by atoms with Crippen LogP contribution >= 0.6 is 11.3 Å². The average molecular weight is 341 g/mol. The molecule has 0 unspecified atom stereocenters. The van der Waals surface area contributed by atoms with Crippen LogP contribution in [0.15, 0.2) is 18.2 Å². The number of carbonyl (C=O) groups excluding carboxylic acids is 1. The van der Waals surface area contributed by atoms with Gasteiger partial charge < -0.3 is 15.6 Å². The molecule has 0 aliphatic heterocycles. The molecule has 0 radical (unpaired) electrons. The van der Waals surface area contributed by atoms with Crippen LogP contribution in [0.1, 0.15) is 40.3 Å². The molecule has 1 aliphatic carbocycles. The number of urea groups is 1. The molecule has 2 amide bonds. The topological polar surface area (TPSA) is 82.7 Å². The van der Waals surface area contributed by atoms with Gasteiger partial charge in [0, 0.05) is 10.6 Å². The maximum Gasteiger partial charge on any atom is 0.319 e. The maximum absolute atomic E-state index is 12.4. The zero-order valence-corrected chi connectivity index (χ0v) is 14.5. The molecular formula is C17H19N5OS. The third-order valence-corrected chi connectivity index (χ3v) is 5.27. The highest BCUT2D eigenvalue weighted by Gasteiger charge is 2.25. The van der Waals surface area contributed by atoms with E-state index in [1.54, 1.807) is 11.3 Å². The molecule has 1 atom stereocenters. The molecule has 6 nitrogen and oxygen atoms in total. The molecule has 0 fully saturated rings. The van der Waals surface area contributed by atoms with Gasteiger partial charge in [0.15, 0.2) is 0 Å². The fourth-order valence-electron chi connectivity index (χ4n) is 3.22. The van der Waals surface area contributed by atoms with Gasteiger partial charge in [0.1, 0.15) is 5.82 Å². The van der Waals surface area contributed by atoms with Gasteiger partial charge >= 0.3 is 6.03 Å². The Morgan fingerprint density at radius 3 is 3.08 bits per heavy atom. The lowest BCUT2D eigenvalue weighted by Crippen LogP contribution is -2.34. The first kappa shape index (κ1) is 15.1. The number of rotatable bonds is 2. The van der Waals surface area contributed by atoms with E-state index < -0.39 is 0 Å². The van der Waals surface area contributed by atoms with E-state index in [1.165, 1.54) is 4.88 Å². The minimum absolute atomic E-state index is 0.00294. The van der Waals surface area contributed by atoms with Gasteiger partial charge in [-0.1, -0.05) is 0 Å². The summed E-state index contributed by atoms with van der Waals surface area (Å²) in [5.74, 6) is 0.861. The molecule has 0 saturated carbocycles. The largest absolute Gasteiger partial charge is 0.342 e. The minimum Gasteiger partial charge on any atom is -0.342 e. The Hall–Kier alpha value is -2.41. The van der Waals surface area contributed by atoms with Crippen molar-refractivity contribution in [1.82, 2.24) is 20.3 Å². The van der Waals surface area contributed by atoms with Crippen LogP contribution in [0.2, 0.25) is 0 Å². The summed E-state index contributed by atoms with van der Waals surface area (Å²) in [6.45, 7) is 3.93. The van der Waals surface area contributed by atoms with Crippen LogP contribution in [-0.2, 0) is 6.42 Å². The van der Waals surface area contributed by atoms with E-state index in [4.69, 9.17) is 0 Å². The Bertz CT molecular complexity index is 913. The van der Waals surface area contributed by atoms with E-state index in [0.29, 0.717) is 0 Å². The van der Waals surface area contributed by atoms with Crippen molar-refractivity contribution in [2.75, 3.05) is 5.32 Å². The van der Waals surface area contributed by atoms with E-state index in [-0.39, 0.29) is 12.1 Å². The highest BCUT2D eigenvalue weighted by atomic mass is 32.1. The summed E-state index contributed by atoms with van der Waals surface area (Å²) in [5.41, 5.74) is 3.60. The fraction of sp³-hybridized carbons (Fsp3) is 0.353. The second-order valence-corrected chi connectivity index (χ2v) is 7.43. The lowest BCUT2D eigenvalue weighted by Gasteiger charge is -2.22. The second kappa shape index (κ2) is 5.90. The number of nitrogens with one attached hydrogen (secondary N) is 3. The lowest BCUT2D eigenvalue weighted by atomic mass is 9.98. The third-order valence-electron chi connectivity index (χ3n) is 4.22. The number of carbonyl (C=O) groups is 1. The molecule has 124 valence electrons.